The summed E-state index contributed by atoms with van der Waals surface area (Å²) in [6, 6.07) is 12.3. The average Bonchev–Trinajstić information content (AvgIpc) is 2.91. The van der Waals surface area contributed by atoms with E-state index in [0.29, 0.717) is 6.54 Å². The highest BCUT2D eigenvalue weighted by atomic mass is 16.2. The molecule has 132 valence electrons. The SMILES string of the molecule is Cc1ccc(C)c(C(=O)N(Cc2ccccn2)C2CCCNCC2)c1. The summed E-state index contributed by atoms with van der Waals surface area (Å²) in [7, 11) is 0. The zero-order chi connectivity index (χ0) is 17.6. The molecular formula is C21H27N3O. The van der Waals surface area contributed by atoms with Gasteiger partial charge in [-0.05, 0) is 70.0 Å². The van der Waals surface area contributed by atoms with Crippen molar-refractivity contribution in [3.63, 3.8) is 0 Å². The fraction of sp³-hybridized carbons (Fsp3) is 0.429. The van der Waals surface area contributed by atoms with Crippen molar-refractivity contribution in [2.24, 2.45) is 0 Å². The molecule has 0 bridgehead atoms. The number of nitrogens with one attached hydrogen (secondary N) is 1. The minimum atomic E-state index is 0.124. The molecule has 1 aliphatic rings. The number of rotatable bonds is 4. The van der Waals surface area contributed by atoms with Crippen molar-refractivity contribution in [1.29, 1.82) is 0 Å². The molecule has 1 atom stereocenters. The van der Waals surface area contributed by atoms with Crippen LogP contribution in [0, 0.1) is 13.8 Å². The minimum Gasteiger partial charge on any atom is -0.330 e. The van der Waals surface area contributed by atoms with Crippen molar-refractivity contribution in [2.75, 3.05) is 13.1 Å². The first-order valence-electron chi connectivity index (χ1n) is 9.14. The van der Waals surface area contributed by atoms with Gasteiger partial charge in [0, 0.05) is 17.8 Å². The molecule has 1 aliphatic heterocycles. The summed E-state index contributed by atoms with van der Waals surface area (Å²) in [4.78, 5) is 19.9. The maximum absolute atomic E-state index is 13.4. The topological polar surface area (TPSA) is 45.2 Å². The molecule has 1 fully saturated rings. The number of carbonyl (C=O) groups excluding carboxylic acids is 1. The maximum atomic E-state index is 13.4. The number of pyridine rings is 1. The number of aromatic nitrogens is 1. The van der Waals surface area contributed by atoms with Crippen LogP contribution in [0.4, 0.5) is 0 Å². The summed E-state index contributed by atoms with van der Waals surface area (Å²) < 4.78 is 0. The predicted molar refractivity (Wildman–Crippen MR) is 101 cm³/mol. The molecule has 4 heteroatoms. The lowest BCUT2D eigenvalue weighted by atomic mass is 10.0. The molecule has 1 saturated heterocycles. The lowest BCUT2D eigenvalue weighted by Crippen LogP contribution is -2.40. The van der Waals surface area contributed by atoms with Crippen LogP contribution in [0.25, 0.3) is 0 Å². The highest BCUT2D eigenvalue weighted by molar-refractivity contribution is 5.96. The first-order valence-corrected chi connectivity index (χ1v) is 9.14. The van der Waals surface area contributed by atoms with Crippen LogP contribution in [0.15, 0.2) is 42.6 Å². The van der Waals surface area contributed by atoms with Gasteiger partial charge in [-0.1, -0.05) is 23.8 Å². The van der Waals surface area contributed by atoms with Gasteiger partial charge in [0.2, 0.25) is 0 Å². The van der Waals surface area contributed by atoms with E-state index in [-0.39, 0.29) is 11.9 Å². The normalized spacial score (nSPS) is 17.8. The number of amides is 1. The van der Waals surface area contributed by atoms with Crippen molar-refractivity contribution in [3.8, 4) is 0 Å². The molecule has 0 saturated carbocycles. The van der Waals surface area contributed by atoms with Crippen LogP contribution >= 0.6 is 0 Å². The molecule has 4 nitrogen and oxygen atoms in total. The van der Waals surface area contributed by atoms with E-state index < -0.39 is 0 Å². The Kier molecular flexibility index (Phi) is 5.82. The number of nitrogens with zero attached hydrogens (tertiary/aromatic N) is 2. The van der Waals surface area contributed by atoms with Gasteiger partial charge >= 0.3 is 0 Å². The van der Waals surface area contributed by atoms with Gasteiger partial charge in [0.15, 0.2) is 0 Å². The second-order valence-corrected chi connectivity index (χ2v) is 6.91. The Bertz CT molecular complexity index is 706. The molecule has 1 aromatic heterocycles. The molecule has 1 unspecified atom stereocenters. The maximum Gasteiger partial charge on any atom is 0.254 e. The highest BCUT2D eigenvalue weighted by Crippen LogP contribution is 2.21. The van der Waals surface area contributed by atoms with E-state index in [1.54, 1.807) is 6.20 Å². The summed E-state index contributed by atoms with van der Waals surface area (Å²) in [5, 5.41) is 3.44. The van der Waals surface area contributed by atoms with Gasteiger partial charge in [0.25, 0.3) is 5.91 Å². The van der Waals surface area contributed by atoms with Crippen molar-refractivity contribution in [3.05, 3.63) is 65.0 Å². The van der Waals surface area contributed by atoms with Gasteiger partial charge in [-0.25, -0.2) is 0 Å². The third kappa shape index (κ3) is 4.45. The summed E-state index contributed by atoms with van der Waals surface area (Å²) >= 11 is 0. The Morgan fingerprint density at radius 1 is 1.20 bits per heavy atom. The molecule has 0 aliphatic carbocycles. The summed E-state index contributed by atoms with van der Waals surface area (Å²) in [6.45, 7) is 6.61. The highest BCUT2D eigenvalue weighted by Gasteiger charge is 2.27. The van der Waals surface area contributed by atoms with Crippen LogP contribution < -0.4 is 5.32 Å². The fourth-order valence-electron chi connectivity index (χ4n) is 3.47. The molecule has 1 N–H and O–H groups in total. The van der Waals surface area contributed by atoms with Crippen LogP contribution in [0.5, 0.6) is 0 Å². The molecule has 25 heavy (non-hydrogen) atoms. The lowest BCUT2D eigenvalue weighted by molar-refractivity contribution is 0.0641. The fourth-order valence-corrected chi connectivity index (χ4v) is 3.47. The van der Waals surface area contributed by atoms with Crippen LogP contribution in [-0.4, -0.2) is 34.9 Å². The number of aryl methyl sites for hydroxylation is 2. The third-order valence-electron chi connectivity index (χ3n) is 4.93. The Morgan fingerprint density at radius 2 is 2.08 bits per heavy atom. The lowest BCUT2D eigenvalue weighted by Gasteiger charge is -2.31. The van der Waals surface area contributed by atoms with Crippen molar-refractivity contribution >= 4 is 5.91 Å². The van der Waals surface area contributed by atoms with Gasteiger partial charge in [-0.3, -0.25) is 9.78 Å². The summed E-state index contributed by atoms with van der Waals surface area (Å²) in [5.74, 6) is 0.124. The Balaban J connectivity index is 1.91. The van der Waals surface area contributed by atoms with Crippen molar-refractivity contribution < 1.29 is 4.79 Å². The third-order valence-corrected chi connectivity index (χ3v) is 4.93. The zero-order valence-corrected chi connectivity index (χ0v) is 15.2. The average molecular weight is 337 g/mol. The number of carbonyl (C=O) groups is 1. The second kappa shape index (κ2) is 8.26. The van der Waals surface area contributed by atoms with Crippen molar-refractivity contribution in [1.82, 2.24) is 15.2 Å². The van der Waals surface area contributed by atoms with Crippen LogP contribution in [0.1, 0.15) is 46.4 Å². The van der Waals surface area contributed by atoms with E-state index in [9.17, 15) is 4.79 Å². The van der Waals surface area contributed by atoms with Gasteiger partial charge in [-0.2, -0.15) is 0 Å². The zero-order valence-electron chi connectivity index (χ0n) is 15.2. The minimum absolute atomic E-state index is 0.124. The Morgan fingerprint density at radius 3 is 2.88 bits per heavy atom. The van der Waals surface area contributed by atoms with Crippen LogP contribution in [0.3, 0.4) is 0 Å². The van der Waals surface area contributed by atoms with Gasteiger partial charge in [-0.15, -0.1) is 0 Å². The Hall–Kier alpha value is -2.20. The molecule has 1 amide bonds. The number of hydrogen-bond donors (Lipinski definition) is 1. The smallest absolute Gasteiger partial charge is 0.254 e. The van der Waals surface area contributed by atoms with E-state index in [0.717, 1.165) is 54.7 Å². The standard InChI is InChI=1S/C21H27N3O/c1-16-8-9-17(2)20(14-16)21(25)24(15-18-6-3-4-12-23-18)19-7-5-11-22-13-10-19/h3-4,6,8-9,12,14,19,22H,5,7,10-11,13,15H2,1-2H3. The number of hydrogen-bond acceptors (Lipinski definition) is 3. The quantitative estimate of drug-likeness (QED) is 0.929. The van der Waals surface area contributed by atoms with E-state index in [1.807, 2.05) is 49.1 Å². The largest absolute Gasteiger partial charge is 0.330 e. The predicted octanol–water partition coefficient (Wildman–Crippen LogP) is 3.48. The molecular weight excluding hydrogens is 310 g/mol. The van der Waals surface area contributed by atoms with E-state index in [4.69, 9.17) is 0 Å². The Labute approximate surface area is 150 Å². The molecule has 2 aromatic rings. The van der Waals surface area contributed by atoms with E-state index in [1.165, 1.54) is 0 Å². The first kappa shape index (κ1) is 17.6. The summed E-state index contributed by atoms with van der Waals surface area (Å²) in [5.41, 5.74) is 3.91. The van der Waals surface area contributed by atoms with Gasteiger partial charge < -0.3 is 10.2 Å². The summed E-state index contributed by atoms with van der Waals surface area (Å²) in [6.07, 6.45) is 4.92. The molecule has 3 rings (SSSR count). The van der Waals surface area contributed by atoms with E-state index >= 15 is 0 Å². The molecule has 1 aromatic carbocycles. The van der Waals surface area contributed by atoms with E-state index in [2.05, 4.69) is 16.4 Å². The molecule has 2 heterocycles. The monoisotopic (exact) mass is 337 g/mol. The van der Waals surface area contributed by atoms with Crippen molar-refractivity contribution in [2.45, 2.75) is 45.7 Å². The van der Waals surface area contributed by atoms with Crippen LogP contribution in [-0.2, 0) is 6.54 Å². The molecule has 0 spiro atoms. The van der Waals surface area contributed by atoms with Gasteiger partial charge in [0.1, 0.15) is 0 Å². The van der Waals surface area contributed by atoms with Crippen LogP contribution in [0.2, 0.25) is 0 Å². The second-order valence-electron chi connectivity index (χ2n) is 6.91. The van der Waals surface area contributed by atoms with Gasteiger partial charge in [0.05, 0.1) is 12.2 Å². The molecule has 0 radical (unpaired) electrons. The number of benzene rings is 1. The first-order chi connectivity index (χ1) is 12.1.